The minimum absolute atomic E-state index is 0.283. The van der Waals surface area contributed by atoms with Crippen molar-refractivity contribution in [1.29, 1.82) is 0 Å². The molecule has 0 unspecified atom stereocenters. The third-order valence-corrected chi connectivity index (χ3v) is 9.50. The van der Waals surface area contributed by atoms with Gasteiger partial charge in [-0.2, -0.15) is 0 Å². The summed E-state index contributed by atoms with van der Waals surface area (Å²) < 4.78 is 13.7. The maximum atomic E-state index is 12.0. The van der Waals surface area contributed by atoms with Crippen molar-refractivity contribution in [1.82, 2.24) is 9.47 Å². The number of piperidine rings is 1. The summed E-state index contributed by atoms with van der Waals surface area (Å²) in [5.74, 6) is -0.346. The van der Waals surface area contributed by atoms with Crippen LogP contribution in [-0.4, -0.2) is 79.7 Å². The molecular formula is C34H45N3O4. The molecule has 1 N–H and O–H groups in total. The number of anilines is 1. The smallest absolute Gasteiger partial charge is 0.335 e. The molecule has 1 aromatic heterocycles. The number of ether oxygens (including phenoxy) is 2. The van der Waals surface area contributed by atoms with Crippen LogP contribution in [0.3, 0.4) is 0 Å². The summed E-state index contributed by atoms with van der Waals surface area (Å²) in [5.41, 5.74) is 8.07. The molecule has 2 aliphatic heterocycles. The van der Waals surface area contributed by atoms with Gasteiger partial charge in [-0.3, -0.25) is 4.90 Å². The Hall–Kier alpha value is -2.87. The molecular weight excluding hydrogens is 514 g/mol. The second kappa shape index (κ2) is 12.6. The lowest BCUT2D eigenvalue weighted by atomic mass is 9.81. The van der Waals surface area contributed by atoms with E-state index in [1.807, 2.05) is 6.07 Å². The predicted molar refractivity (Wildman–Crippen MR) is 164 cm³/mol. The summed E-state index contributed by atoms with van der Waals surface area (Å²) in [4.78, 5) is 17.1. The number of nitrogens with zero attached hydrogens (tertiary/aromatic N) is 3. The van der Waals surface area contributed by atoms with Gasteiger partial charge < -0.3 is 24.0 Å². The lowest BCUT2D eigenvalue weighted by Crippen LogP contribution is -2.44. The van der Waals surface area contributed by atoms with Crippen LogP contribution in [0, 0.1) is 6.92 Å². The monoisotopic (exact) mass is 559 g/mol. The van der Waals surface area contributed by atoms with Gasteiger partial charge in [-0.25, -0.2) is 4.79 Å². The van der Waals surface area contributed by atoms with Crippen LogP contribution in [-0.2, 0) is 16.0 Å². The van der Waals surface area contributed by atoms with Crippen molar-refractivity contribution in [3.63, 3.8) is 0 Å². The normalized spacial score (nSPS) is 20.1. The van der Waals surface area contributed by atoms with Crippen molar-refractivity contribution in [3.8, 4) is 11.3 Å². The highest BCUT2D eigenvalue weighted by Gasteiger charge is 2.31. The van der Waals surface area contributed by atoms with E-state index in [0.29, 0.717) is 24.7 Å². The van der Waals surface area contributed by atoms with E-state index in [1.165, 1.54) is 72.0 Å². The van der Waals surface area contributed by atoms with Crippen LogP contribution in [0.1, 0.15) is 72.3 Å². The Balaban J connectivity index is 1.34. The Labute approximate surface area is 244 Å². The van der Waals surface area contributed by atoms with Gasteiger partial charge in [-0.05, 0) is 74.4 Å². The van der Waals surface area contributed by atoms with E-state index in [0.717, 1.165) is 51.2 Å². The average Bonchev–Trinajstić information content (AvgIpc) is 3.22. The van der Waals surface area contributed by atoms with Crippen LogP contribution < -0.4 is 4.90 Å². The molecule has 2 fully saturated rings. The average molecular weight is 560 g/mol. The summed E-state index contributed by atoms with van der Waals surface area (Å²) >= 11 is 0. The number of benzene rings is 2. The second-order valence-electron chi connectivity index (χ2n) is 12.2. The molecule has 6 rings (SSSR count). The number of aromatic nitrogens is 1. The van der Waals surface area contributed by atoms with Crippen LogP contribution in [0.4, 0.5) is 5.69 Å². The number of fused-ring (bicyclic) bond motifs is 5. The summed E-state index contributed by atoms with van der Waals surface area (Å²) in [7, 11) is 1.72. The van der Waals surface area contributed by atoms with Crippen LogP contribution in [0.5, 0.6) is 0 Å². The fourth-order valence-corrected chi connectivity index (χ4v) is 7.43. The molecule has 3 aliphatic rings. The molecule has 0 spiro atoms. The third kappa shape index (κ3) is 5.90. The number of hydrogen-bond acceptors (Lipinski definition) is 5. The number of carboxylic acids is 1. The highest BCUT2D eigenvalue weighted by Crippen LogP contribution is 2.47. The molecule has 7 heteroatoms. The molecule has 1 atom stereocenters. The largest absolute Gasteiger partial charge is 0.478 e. The van der Waals surface area contributed by atoms with Gasteiger partial charge in [0, 0.05) is 62.0 Å². The van der Waals surface area contributed by atoms with E-state index in [4.69, 9.17) is 9.47 Å². The third-order valence-electron chi connectivity index (χ3n) is 9.50. The maximum Gasteiger partial charge on any atom is 0.335 e. The van der Waals surface area contributed by atoms with Gasteiger partial charge in [0.2, 0.25) is 0 Å². The summed E-state index contributed by atoms with van der Waals surface area (Å²) in [6, 6.07) is 12.7. The molecule has 3 aromatic rings. The zero-order valence-electron chi connectivity index (χ0n) is 24.7. The van der Waals surface area contributed by atoms with E-state index in [9.17, 15) is 9.90 Å². The second-order valence-corrected chi connectivity index (χ2v) is 12.2. The Morgan fingerprint density at radius 1 is 0.951 bits per heavy atom. The number of carbonyl (C=O) groups is 1. The quantitative estimate of drug-likeness (QED) is 0.310. The fourth-order valence-electron chi connectivity index (χ4n) is 7.43. The Bertz CT molecular complexity index is 1380. The number of carboxylic acid groups (broad SMARTS) is 1. The summed E-state index contributed by atoms with van der Waals surface area (Å²) in [6.07, 6.45) is 8.84. The molecule has 3 heterocycles. The molecule has 41 heavy (non-hydrogen) atoms. The summed E-state index contributed by atoms with van der Waals surface area (Å²) in [6.45, 7) is 9.30. The highest BCUT2D eigenvalue weighted by atomic mass is 16.5. The molecule has 7 nitrogen and oxygen atoms in total. The first-order chi connectivity index (χ1) is 20.0. The fraction of sp³-hybridized carbons (Fsp3) is 0.559. The lowest BCUT2D eigenvalue weighted by Gasteiger charge is -2.35. The van der Waals surface area contributed by atoms with Crippen LogP contribution in [0.15, 0.2) is 36.4 Å². The SMILES string of the molecule is COCCO[C@@H]1CCCN(CCN2CCn3c(c(C4CCCCC4)c4ccc(C(=O)O)cc43)-c3ccc(C)cc32)C1. The van der Waals surface area contributed by atoms with Crippen LogP contribution in [0.25, 0.3) is 22.2 Å². The van der Waals surface area contributed by atoms with Gasteiger partial charge in [-0.1, -0.05) is 37.5 Å². The predicted octanol–water partition coefficient (Wildman–Crippen LogP) is 6.31. The van der Waals surface area contributed by atoms with Crippen molar-refractivity contribution in [2.24, 2.45) is 0 Å². The van der Waals surface area contributed by atoms with Crippen LogP contribution in [0.2, 0.25) is 0 Å². The Morgan fingerprint density at radius 3 is 2.61 bits per heavy atom. The number of aryl methyl sites for hydroxylation is 1. The highest BCUT2D eigenvalue weighted by molar-refractivity contribution is 5.99. The van der Waals surface area contributed by atoms with Gasteiger partial charge in [0.1, 0.15) is 0 Å². The van der Waals surface area contributed by atoms with Crippen LogP contribution >= 0.6 is 0 Å². The number of likely N-dealkylation sites (tertiary alicyclic amines) is 1. The van der Waals surface area contributed by atoms with Gasteiger partial charge in [0.15, 0.2) is 0 Å². The maximum absolute atomic E-state index is 12.0. The number of rotatable bonds is 9. The number of methoxy groups -OCH3 is 1. The standard InChI is InChI=1S/C34H45N3O4/c1-24-10-12-29-30(21-24)36(16-15-35-14-6-9-27(23-35)41-20-19-40-2)17-18-37-31-22-26(34(38)39)11-13-28(31)32(33(29)37)25-7-4-3-5-8-25/h10-13,21-22,25,27H,3-9,14-20,23H2,1-2H3,(H,38,39)/t27-/m1/s1. The molecule has 1 saturated carbocycles. The van der Waals surface area contributed by atoms with Gasteiger partial charge in [-0.15, -0.1) is 0 Å². The first-order valence-corrected chi connectivity index (χ1v) is 15.6. The molecule has 2 aromatic carbocycles. The minimum atomic E-state index is -0.862. The molecule has 0 radical (unpaired) electrons. The van der Waals surface area contributed by atoms with Crippen molar-refractivity contribution in [2.75, 3.05) is 57.9 Å². The topological polar surface area (TPSA) is 67.2 Å². The molecule has 1 saturated heterocycles. The van der Waals surface area contributed by atoms with E-state index >= 15 is 0 Å². The first kappa shape index (κ1) is 28.3. The Morgan fingerprint density at radius 2 is 1.80 bits per heavy atom. The Kier molecular flexibility index (Phi) is 8.65. The first-order valence-electron chi connectivity index (χ1n) is 15.6. The van der Waals surface area contributed by atoms with Crippen molar-refractivity contribution >= 4 is 22.6 Å². The zero-order chi connectivity index (χ0) is 28.3. The van der Waals surface area contributed by atoms with E-state index < -0.39 is 5.97 Å². The van der Waals surface area contributed by atoms with Crippen molar-refractivity contribution < 1.29 is 19.4 Å². The summed E-state index contributed by atoms with van der Waals surface area (Å²) in [5, 5.41) is 11.1. The van der Waals surface area contributed by atoms with Crippen molar-refractivity contribution in [2.45, 2.75) is 70.4 Å². The lowest BCUT2D eigenvalue weighted by molar-refractivity contribution is -0.0201. The van der Waals surface area contributed by atoms with Gasteiger partial charge >= 0.3 is 5.97 Å². The van der Waals surface area contributed by atoms with Gasteiger partial charge in [0.25, 0.3) is 0 Å². The molecule has 220 valence electrons. The zero-order valence-corrected chi connectivity index (χ0v) is 24.7. The van der Waals surface area contributed by atoms with Gasteiger partial charge in [0.05, 0.1) is 30.6 Å². The number of hydrogen-bond donors (Lipinski definition) is 1. The minimum Gasteiger partial charge on any atom is -0.478 e. The van der Waals surface area contributed by atoms with E-state index in [2.05, 4.69) is 45.6 Å². The molecule has 0 bridgehead atoms. The van der Waals surface area contributed by atoms with Crippen molar-refractivity contribution in [3.05, 3.63) is 53.1 Å². The number of aromatic carboxylic acids is 1. The molecule has 0 amide bonds. The molecule has 1 aliphatic carbocycles. The van der Waals surface area contributed by atoms with E-state index in [-0.39, 0.29) is 6.10 Å². The van der Waals surface area contributed by atoms with E-state index in [1.54, 1.807) is 13.2 Å².